The van der Waals surface area contributed by atoms with Gasteiger partial charge in [0.05, 0.1) is 23.7 Å². The van der Waals surface area contributed by atoms with E-state index in [9.17, 15) is 17.2 Å². The Morgan fingerprint density at radius 2 is 2.07 bits per heavy atom. The number of H-pyrrole nitrogens is 1. The predicted molar refractivity (Wildman–Crippen MR) is 108 cm³/mol. The minimum atomic E-state index is -3.99. The number of anilines is 1. The summed E-state index contributed by atoms with van der Waals surface area (Å²) in [6.07, 6.45) is 1.41. The zero-order chi connectivity index (χ0) is 21.3. The first kappa shape index (κ1) is 19.8. The fourth-order valence-corrected chi connectivity index (χ4v) is 4.65. The molecular weight excluding hydrogens is 434 g/mol. The summed E-state index contributed by atoms with van der Waals surface area (Å²) in [5, 5.41) is 8.74. The molecule has 0 aliphatic rings. The lowest BCUT2D eigenvalue weighted by atomic mass is 10.1. The van der Waals surface area contributed by atoms with Gasteiger partial charge in [-0.15, -0.1) is 16.4 Å². The summed E-state index contributed by atoms with van der Waals surface area (Å²) in [7, 11) is -2.55. The van der Waals surface area contributed by atoms with Crippen LogP contribution in [0.4, 0.5) is 14.5 Å². The Labute approximate surface area is 173 Å². The van der Waals surface area contributed by atoms with Crippen molar-refractivity contribution in [1.82, 2.24) is 15.2 Å². The van der Waals surface area contributed by atoms with E-state index in [-0.39, 0.29) is 4.21 Å². The van der Waals surface area contributed by atoms with Crippen molar-refractivity contribution in [2.75, 3.05) is 11.8 Å². The largest absolute Gasteiger partial charge is 0.479 e. The summed E-state index contributed by atoms with van der Waals surface area (Å²) in [6.45, 7) is 0. The molecule has 0 saturated heterocycles. The van der Waals surface area contributed by atoms with Gasteiger partial charge in [0, 0.05) is 11.8 Å². The molecular formula is C19H12F2N4O3S2. The maximum absolute atomic E-state index is 14.8. The number of hydrogen-bond acceptors (Lipinski definition) is 6. The number of ether oxygens (including phenoxy) is 1. The number of halogens is 2. The molecule has 0 aliphatic carbocycles. The second-order valence-corrected chi connectivity index (χ2v) is 8.78. The van der Waals surface area contributed by atoms with E-state index in [1.54, 1.807) is 17.5 Å². The normalized spacial score (nSPS) is 11.2. The highest BCUT2D eigenvalue weighted by Gasteiger charge is 2.20. The van der Waals surface area contributed by atoms with Crippen molar-refractivity contribution >= 4 is 38.1 Å². The lowest BCUT2D eigenvalue weighted by Crippen LogP contribution is -2.13. The van der Waals surface area contributed by atoms with Gasteiger partial charge in [0.15, 0.2) is 11.5 Å². The third-order valence-corrected chi connectivity index (χ3v) is 6.76. The molecule has 3 heterocycles. The number of nitrogens with one attached hydrogen (secondary N) is 2. The summed E-state index contributed by atoms with van der Waals surface area (Å²) in [6, 6.07) is 6.49. The Bertz CT molecular complexity index is 1410. The molecule has 11 heteroatoms. The molecule has 152 valence electrons. The lowest BCUT2D eigenvalue weighted by molar-refractivity contribution is 0.401. The Hall–Kier alpha value is -3.49. The summed E-state index contributed by atoms with van der Waals surface area (Å²) < 4.78 is 60.9. The Morgan fingerprint density at radius 1 is 1.23 bits per heavy atom. The number of hydrogen-bond donors (Lipinski definition) is 2. The van der Waals surface area contributed by atoms with Gasteiger partial charge < -0.3 is 4.74 Å². The first-order valence-electron chi connectivity index (χ1n) is 8.33. The SMILES string of the molecule is COc1n[nH]c2ncc(C#Cc3c(F)ccc(NS(=O)(=O)c4cccs4)c3F)cc12. The van der Waals surface area contributed by atoms with Crippen LogP contribution in [0.3, 0.4) is 0 Å². The highest BCUT2D eigenvalue weighted by Crippen LogP contribution is 2.25. The van der Waals surface area contributed by atoms with Crippen LogP contribution in [0, 0.1) is 23.5 Å². The Kier molecular flexibility index (Phi) is 5.11. The fraction of sp³-hybridized carbons (Fsp3) is 0.0526. The molecule has 0 atom stereocenters. The lowest BCUT2D eigenvalue weighted by Gasteiger charge is -2.09. The van der Waals surface area contributed by atoms with Gasteiger partial charge >= 0.3 is 0 Å². The summed E-state index contributed by atoms with van der Waals surface area (Å²) in [5.41, 5.74) is -0.134. The van der Waals surface area contributed by atoms with Gasteiger partial charge in [0.1, 0.15) is 10.0 Å². The number of fused-ring (bicyclic) bond motifs is 1. The van der Waals surface area contributed by atoms with Crippen LogP contribution in [0.25, 0.3) is 11.0 Å². The predicted octanol–water partition coefficient (Wildman–Crippen LogP) is 3.51. The number of aromatic amines is 1. The van der Waals surface area contributed by atoms with Crippen LogP contribution in [-0.4, -0.2) is 30.7 Å². The molecule has 7 nitrogen and oxygen atoms in total. The zero-order valence-electron chi connectivity index (χ0n) is 15.2. The number of rotatable bonds is 4. The van der Waals surface area contributed by atoms with Gasteiger partial charge in [-0.2, -0.15) is 0 Å². The summed E-state index contributed by atoms with van der Waals surface area (Å²) >= 11 is 0.975. The van der Waals surface area contributed by atoms with E-state index in [0.717, 1.165) is 23.5 Å². The Balaban J connectivity index is 1.70. The van der Waals surface area contributed by atoms with Gasteiger partial charge in [0.2, 0.25) is 5.88 Å². The van der Waals surface area contributed by atoms with Crippen molar-refractivity contribution in [1.29, 1.82) is 0 Å². The number of nitrogens with zero attached hydrogens (tertiary/aromatic N) is 2. The van der Waals surface area contributed by atoms with E-state index in [1.165, 1.54) is 19.4 Å². The van der Waals surface area contributed by atoms with Gasteiger partial charge in [-0.25, -0.2) is 22.2 Å². The van der Waals surface area contributed by atoms with Crippen LogP contribution in [0.5, 0.6) is 5.88 Å². The van der Waals surface area contributed by atoms with E-state index < -0.39 is 32.9 Å². The van der Waals surface area contributed by atoms with E-state index in [1.807, 2.05) is 0 Å². The highest BCUT2D eigenvalue weighted by atomic mass is 32.2. The van der Waals surface area contributed by atoms with Crippen molar-refractivity contribution in [3.63, 3.8) is 0 Å². The number of sulfonamides is 1. The van der Waals surface area contributed by atoms with E-state index in [4.69, 9.17) is 4.74 Å². The Morgan fingerprint density at radius 3 is 2.80 bits per heavy atom. The van der Waals surface area contributed by atoms with Gasteiger partial charge in [-0.05, 0) is 29.6 Å². The number of benzene rings is 1. The summed E-state index contributed by atoms with van der Waals surface area (Å²) in [4.78, 5) is 4.12. The molecule has 0 amide bonds. The number of aromatic nitrogens is 3. The van der Waals surface area contributed by atoms with Crippen molar-refractivity contribution in [3.8, 4) is 17.7 Å². The van der Waals surface area contributed by atoms with Gasteiger partial charge in [-0.3, -0.25) is 9.82 Å². The van der Waals surface area contributed by atoms with Crippen LogP contribution in [0.2, 0.25) is 0 Å². The third-order valence-electron chi connectivity index (χ3n) is 4.00. The molecule has 0 aliphatic heterocycles. The maximum Gasteiger partial charge on any atom is 0.271 e. The molecule has 2 N–H and O–H groups in total. The minimum absolute atomic E-state index is 0.00676. The molecule has 0 fully saturated rings. The summed E-state index contributed by atoms with van der Waals surface area (Å²) in [5.74, 6) is 3.31. The fourth-order valence-electron chi connectivity index (χ4n) is 2.60. The van der Waals surface area contributed by atoms with Crippen molar-refractivity contribution in [2.45, 2.75) is 4.21 Å². The molecule has 0 radical (unpaired) electrons. The van der Waals surface area contributed by atoms with Gasteiger partial charge in [0.25, 0.3) is 10.0 Å². The zero-order valence-corrected chi connectivity index (χ0v) is 16.9. The quantitative estimate of drug-likeness (QED) is 0.468. The molecule has 30 heavy (non-hydrogen) atoms. The van der Waals surface area contributed by atoms with Crippen LogP contribution < -0.4 is 9.46 Å². The number of methoxy groups -OCH3 is 1. The van der Waals surface area contributed by atoms with Gasteiger partial charge in [-0.1, -0.05) is 17.9 Å². The van der Waals surface area contributed by atoms with Crippen LogP contribution in [-0.2, 0) is 10.0 Å². The topological polar surface area (TPSA) is 97.0 Å². The average molecular weight is 446 g/mol. The second-order valence-electron chi connectivity index (χ2n) is 5.92. The molecule has 0 spiro atoms. The van der Waals surface area contributed by atoms with E-state index in [0.29, 0.717) is 22.5 Å². The van der Waals surface area contributed by atoms with Crippen LogP contribution in [0.1, 0.15) is 11.1 Å². The second kappa shape index (κ2) is 7.74. The number of thiophene rings is 1. The maximum atomic E-state index is 14.8. The monoisotopic (exact) mass is 446 g/mol. The third kappa shape index (κ3) is 3.70. The van der Waals surface area contributed by atoms with Crippen LogP contribution >= 0.6 is 11.3 Å². The standard InChI is InChI=1S/C19H12F2N4O3S2/c1-28-19-13-9-11(10-22-18(13)23-24-19)4-5-12-14(20)6-7-15(17(12)21)25-30(26,27)16-3-2-8-29-16/h2-3,6-10,25H,1H3,(H,22,23,24). The molecule has 4 rings (SSSR count). The van der Waals surface area contributed by atoms with Crippen molar-refractivity contribution < 1.29 is 21.9 Å². The molecule has 3 aromatic heterocycles. The van der Waals surface area contributed by atoms with Crippen LogP contribution in [0.15, 0.2) is 46.1 Å². The highest BCUT2D eigenvalue weighted by molar-refractivity contribution is 7.94. The smallest absolute Gasteiger partial charge is 0.271 e. The first-order chi connectivity index (χ1) is 14.4. The minimum Gasteiger partial charge on any atom is -0.479 e. The first-order valence-corrected chi connectivity index (χ1v) is 10.7. The van der Waals surface area contributed by atoms with Crippen molar-refractivity contribution in [2.24, 2.45) is 0 Å². The molecule has 0 bridgehead atoms. The molecule has 0 saturated carbocycles. The molecule has 4 aromatic rings. The molecule has 0 unspecified atom stereocenters. The number of pyridine rings is 1. The van der Waals surface area contributed by atoms with E-state index >= 15 is 0 Å². The van der Waals surface area contributed by atoms with Crippen molar-refractivity contribution in [3.05, 3.63) is 64.7 Å². The molecule has 1 aromatic carbocycles. The average Bonchev–Trinajstić information content (AvgIpc) is 3.40. The van der Waals surface area contributed by atoms with E-state index in [2.05, 4.69) is 31.7 Å².